The third-order valence-corrected chi connectivity index (χ3v) is 5.19. The number of nitrogens with one attached hydrogen (secondary N) is 1. The first kappa shape index (κ1) is 17.7. The molecule has 134 valence electrons. The van der Waals surface area contributed by atoms with Gasteiger partial charge in [0.15, 0.2) is 0 Å². The maximum Gasteiger partial charge on any atom is 0.256 e. The van der Waals surface area contributed by atoms with Gasteiger partial charge in [-0.15, -0.1) is 0 Å². The Hall–Kier alpha value is -2.14. The van der Waals surface area contributed by atoms with E-state index in [1.54, 1.807) is 6.20 Å². The summed E-state index contributed by atoms with van der Waals surface area (Å²) in [6.45, 7) is 9.05. The Balaban J connectivity index is 1.77. The van der Waals surface area contributed by atoms with Crippen LogP contribution >= 0.6 is 0 Å². The molecule has 0 radical (unpaired) electrons. The maximum absolute atomic E-state index is 12.7. The third kappa shape index (κ3) is 3.61. The number of hydrogen-bond donors (Lipinski definition) is 1. The van der Waals surface area contributed by atoms with Crippen molar-refractivity contribution in [1.29, 1.82) is 0 Å². The molecule has 1 N–H and O–H groups in total. The number of nitrogens with zero attached hydrogens (tertiary/aromatic N) is 2. The summed E-state index contributed by atoms with van der Waals surface area (Å²) < 4.78 is 1.85. The molecule has 5 heteroatoms. The van der Waals surface area contributed by atoms with Crippen molar-refractivity contribution in [3.05, 3.63) is 45.7 Å². The second-order valence-electron chi connectivity index (χ2n) is 7.46. The van der Waals surface area contributed by atoms with Crippen LogP contribution in [0.4, 0.5) is 0 Å². The molecule has 0 unspecified atom stereocenters. The van der Waals surface area contributed by atoms with E-state index in [-0.39, 0.29) is 16.9 Å². The van der Waals surface area contributed by atoms with Crippen molar-refractivity contribution < 1.29 is 4.79 Å². The number of aromatic nitrogens is 1. The number of benzene rings is 1. The Morgan fingerprint density at radius 3 is 2.80 bits per heavy atom. The molecule has 1 fully saturated rings. The highest BCUT2D eigenvalue weighted by Crippen LogP contribution is 2.18. The molecule has 1 aliphatic heterocycles. The van der Waals surface area contributed by atoms with Gasteiger partial charge in [0.2, 0.25) is 5.43 Å². The quantitative estimate of drug-likeness (QED) is 0.928. The van der Waals surface area contributed by atoms with Crippen LogP contribution in [0, 0.1) is 12.8 Å². The van der Waals surface area contributed by atoms with Crippen molar-refractivity contribution in [2.75, 3.05) is 19.6 Å². The van der Waals surface area contributed by atoms with Crippen molar-refractivity contribution in [2.24, 2.45) is 13.0 Å². The number of hydrogen-bond acceptors (Lipinski definition) is 3. The van der Waals surface area contributed by atoms with Crippen molar-refractivity contribution in [2.45, 2.75) is 33.2 Å². The van der Waals surface area contributed by atoms with Gasteiger partial charge in [-0.05, 0) is 51.8 Å². The smallest absolute Gasteiger partial charge is 0.256 e. The van der Waals surface area contributed by atoms with Crippen LogP contribution in [0.5, 0.6) is 0 Å². The summed E-state index contributed by atoms with van der Waals surface area (Å²) in [4.78, 5) is 27.7. The van der Waals surface area contributed by atoms with Crippen LogP contribution in [0.15, 0.2) is 29.2 Å². The zero-order valence-electron chi connectivity index (χ0n) is 15.5. The summed E-state index contributed by atoms with van der Waals surface area (Å²) in [6, 6.07) is 6.29. The molecule has 2 heterocycles. The molecule has 1 aromatic heterocycles. The fraction of sp³-hybridized carbons (Fsp3) is 0.500. The normalized spacial score (nSPS) is 18.2. The highest BCUT2D eigenvalue weighted by Gasteiger charge is 2.25. The molecular weight excluding hydrogens is 314 g/mol. The molecule has 25 heavy (non-hydrogen) atoms. The number of carbonyl (C=O) groups excluding carboxylic acids is 1. The molecule has 0 spiro atoms. The first-order chi connectivity index (χ1) is 11.9. The molecule has 0 saturated carbocycles. The lowest BCUT2D eigenvalue weighted by Gasteiger charge is -2.20. The third-order valence-electron chi connectivity index (χ3n) is 5.19. The van der Waals surface area contributed by atoms with Crippen LogP contribution in [-0.2, 0) is 7.05 Å². The molecular formula is C20H27N3O2. The second kappa shape index (κ2) is 7.00. The van der Waals surface area contributed by atoms with E-state index >= 15 is 0 Å². The van der Waals surface area contributed by atoms with E-state index in [2.05, 4.69) is 24.1 Å². The van der Waals surface area contributed by atoms with Crippen molar-refractivity contribution in [3.8, 4) is 0 Å². The van der Waals surface area contributed by atoms with Crippen LogP contribution in [0.25, 0.3) is 10.9 Å². The molecule has 1 amide bonds. The van der Waals surface area contributed by atoms with E-state index in [1.165, 1.54) is 0 Å². The Morgan fingerprint density at radius 2 is 2.12 bits per heavy atom. The molecule has 1 saturated heterocycles. The fourth-order valence-corrected chi connectivity index (χ4v) is 3.60. The van der Waals surface area contributed by atoms with E-state index in [0.717, 1.165) is 30.6 Å². The molecule has 5 nitrogen and oxygen atoms in total. The molecule has 1 aromatic carbocycles. The van der Waals surface area contributed by atoms with Gasteiger partial charge < -0.3 is 14.8 Å². The average molecular weight is 341 g/mol. The van der Waals surface area contributed by atoms with Crippen LogP contribution < -0.4 is 10.7 Å². The van der Waals surface area contributed by atoms with E-state index in [9.17, 15) is 9.59 Å². The average Bonchev–Trinajstić information content (AvgIpc) is 3.05. The van der Waals surface area contributed by atoms with Crippen LogP contribution in [0.3, 0.4) is 0 Å². The number of carbonyl (C=O) groups is 1. The maximum atomic E-state index is 12.7. The van der Waals surface area contributed by atoms with Gasteiger partial charge >= 0.3 is 0 Å². The van der Waals surface area contributed by atoms with Crippen molar-refractivity contribution >= 4 is 16.8 Å². The molecule has 2 aromatic rings. The fourth-order valence-electron chi connectivity index (χ4n) is 3.60. The van der Waals surface area contributed by atoms with E-state index in [0.29, 0.717) is 23.9 Å². The van der Waals surface area contributed by atoms with Gasteiger partial charge in [0.25, 0.3) is 5.91 Å². The second-order valence-corrected chi connectivity index (χ2v) is 7.46. The number of fused-ring (bicyclic) bond motifs is 1. The number of aryl methyl sites for hydroxylation is 2. The highest BCUT2D eigenvalue weighted by molar-refractivity contribution is 5.97. The van der Waals surface area contributed by atoms with Crippen molar-refractivity contribution in [1.82, 2.24) is 14.8 Å². The summed E-state index contributed by atoms with van der Waals surface area (Å²) in [5.74, 6) is 0.185. The van der Waals surface area contributed by atoms with Gasteiger partial charge in [-0.2, -0.15) is 0 Å². The molecule has 0 aliphatic carbocycles. The van der Waals surface area contributed by atoms with Gasteiger partial charge in [-0.3, -0.25) is 9.59 Å². The van der Waals surface area contributed by atoms with Gasteiger partial charge in [0, 0.05) is 37.8 Å². The van der Waals surface area contributed by atoms with Crippen LogP contribution in [0.2, 0.25) is 0 Å². The number of amides is 1. The lowest BCUT2D eigenvalue weighted by atomic mass is 10.1. The van der Waals surface area contributed by atoms with E-state index in [4.69, 9.17) is 0 Å². The topological polar surface area (TPSA) is 54.3 Å². The summed E-state index contributed by atoms with van der Waals surface area (Å²) in [5, 5.41) is 3.57. The van der Waals surface area contributed by atoms with E-state index < -0.39 is 0 Å². The number of likely N-dealkylation sites (tertiary alicyclic amines) is 1. The minimum atomic E-state index is -0.271. The monoisotopic (exact) mass is 341 g/mol. The Bertz CT molecular complexity index is 854. The molecule has 1 atom stereocenters. The lowest BCUT2D eigenvalue weighted by molar-refractivity contribution is 0.0945. The molecule has 3 rings (SSSR count). The van der Waals surface area contributed by atoms with Gasteiger partial charge in [-0.25, -0.2) is 0 Å². The Kier molecular flexibility index (Phi) is 4.95. The predicted octanol–water partition coefficient (Wildman–Crippen LogP) is 2.31. The zero-order chi connectivity index (χ0) is 18.1. The zero-order valence-corrected chi connectivity index (χ0v) is 15.5. The first-order valence-electron chi connectivity index (χ1n) is 8.99. The molecule has 1 aliphatic rings. The minimum absolute atomic E-state index is 0.190. The van der Waals surface area contributed by atoms with Crippen LogP contribution in [0.1, 0.15) is 36.2 Å². The highest BCUT2D eigenvalue weighted by atomic mass is 16.2. The standard InChI is InChI=1S/C20H27N3O2/c1-13(2)23-8-7-15(11-23)10-21-20(25)17-12-22(4)18-6-5-14(3)9-16(18)19(17)24/h5-6,9,12-13,15H,7-8,10-11H2,1-4H3,(H,21,25)/t15-/m0/s1. The van der Waals surface area contributed by atoms with Crippen LogP contribution in [-0.4, -0.2) is 41.1 Å². The van der Waals surface area contributed by atoms with Crippen molar-refractivity contribution in [3.63, 3.8) is 0 Å². The van der Waals surface area contributed by atoms with Gasteiger partial charge in [0.1, 0.15) is 5.56 Å². The molecule has 0 bridgehead atoms. The minimum Gasteiger partial charge on any atom is -0.352 e. The summed E-state index contributed by atoms with van der Waals surface area (Å²) in [7, 11) is 1.87. The Labute approximate surface area is 148 Å². The van der Waals surface area contributed by atoms with Gasteiger partial charge in [-0.1, -0.05) is 11.6 Å². The SMILES string of the molecule is Cc1ccc2c(c1)c(=O)c(C(=O)NC[C@@H]1CCN(C(C)C)C1)cn2C. The summed E-state index contributed by atoms with van der Waals surface area (Å²) in [5.41, 5.74) is 1.89. The largest absolute Gasteiger partial charge is 0.352 e. The number of pyridine rings is 1. The number of rotatable bonds is 4. The lowest BCUT2D eigenvalue weighted by Crippen LogP contribution is -2.35. The summed E-state index contributed by atoms with van der Waals surface area (Å²) >= 11 is 0. The summed E-state index contributed by atoms with van der Waals surface area (Å²) in [6.07, 6.45) is 2.73. The first-order valence-corrected chi connectivity index (χ1v) is 8.99. The Morgan fingerprint density at radius 1 is 1.36 bits per heavy atom. The van der Waals surface area contributed by atoms with E-state index in [1.807, 2.05) is 36.7 Å². The predicted molar refractivity (Wildman–Crippen MR) is 101 cm³/mol. The van der Waals surface area contributed by atoms with Gasteiger partial charge in [0.05, 0.1) is 5.52 Å².